The molecule has 2 aromatic carbocycles. The van der Waals surface area contributed by atoms with Crippen LogP contribution in [0.5, 0.6) is 0 Å². The van der Waals surface area contributed by atoms with Gasteiger partial charge in [0.15, 0.2) is 0 Å². The van der Waals surface area contributed by atoms with Gasteiger partial charge in [-0.2, -0.15) is 0 Å². The molecule has 0 fully saturated rings. The molecule has 1 aliphatic rings. The Morgan fingerprint density at radius 2 is 1.74 bits per heavy atom. The van der Waals surface area contributed by atoms with Crippen molar-refractivity contribution in [1.29, 1.82) is 0 Å². The smallest absolute Gasteiger partial charge is 0.0494 e. The Hall–Kier alpha value is -2.87. The van der Waals surface area contributed by atoms with E-state index in [-0.39, 0.29) is 0 Å². The number of hydrogen-bond acceptors (Lipinski definition) is 2. The van der Waals surface area contributed by atoms with Crippen LogP contribution in [0.3, 0.4) is 0 Å². The lowest BCUT2D eigenvalue weighted by Crippen LogP contribution is -2.11. The van der Waals surface area contributed by atoms with Crippen molar-refractivity contribution in [2.45, 2.75) is 13.3 Å². The maximum Gasteiger partial charge on any atom is 0.0494 e. The van der Waals surface area contributed by atoms with E-state index in [0.717, 1.165) is 12.0 Å². The molecule has 2 heteroatoms. The maximum atomic E-state index is 4.20. The second kappa shape index (κ2) is 5.73. The third kappa shape index (κ3) is 2.42. The first-order valence-electron chi connectivity index (χ1n) is 7.90. The zero-order chi connectivity index (χ0) is 15.6. The molecule has 2 heterocycles. The van der Waals surface area contributed by atoms with E-state index in [9.17, 15) is 0 Å². The normalized spacial score (nSPS) is 15.0. The Kier molecular flexibility index (Phi) is 3.43. The van der Waals surface area contributed by atoms with Crippen molar-refractivity contribution >= 4 is 11.4 Å². The first-order chi connectivity index (χ1) is 11.4. The SMILES string of the molecule is C/C=C1\Cc2ccccc2N1c1ccc(-c2cccnc2)cc1. The van der Waals surface area contributed by atoms with Gasteiger partial charge < -0.3 is 4.90 Å². The van der Waals surface area contributed by atoms with Gasteiger partial charge in [0.1, 0.15) is 0 Å². The summed E-state index contributed by atoms with van der Waals surface area (Å²) in [5, 5.41) is 0. The number of anilines is 2. The van der Waals surface area contributed by atoms with E-state index < -0.39 is 0 Å². The van der Waals surface area contributed by atoms with Crippen molar-refractivity contribution < 1.29 is 0 Å². The highest BCUT2D eigenvalue weighted by atomic mass is 15.2. The van der Waals surface area contributed by atoms with E-state index >= 15 is 0 Å². The predicted octanol–water partition coefficient (Wildman–Crippen LogP) is 5.35. The quantitative estimate of drug-likeness (QED) is 0.634. The standard InChI is InChI=1S/C21H18N2/c1-2-19-14-17-6-3-4-8-21(17)23(19)20-11-9-16(10-12-20)18-7-5-13-22-15-18/h2-13,15H,14H2,1H3/b19-2+. The summed E-state index contributed by atoms with van der Waals surface area (Å²) in [5.74, 6) is 0. The van der Waals surface area contributed by atoms with Crippen molar-refractivity contribution in [3.8, 4) is 11.1 Å². The van der Waals surface area contributed by atoms with Crippen LogP contribution in [0.4, 0.5) is 11.4 Å². The van der Waals surface area contributed by atoms with Crippen LogP contribution in [-0.2, 0) is 6.42 Å². The number of hydrogen-bond donors (Lipinski definition) is 0. The highest BCUT2D eigenvalue weighted by molar-refractivity contribution is 5.77. The monoisotopic (exact) mass is 298 g/mol. The van der Waals surface area contributed by atoms with Crippen LogP contribution in [-0.4, -0.2) is 4.98 Å². The van der Waals surface area contributed by atoms with Gasteiger partial charge in [0.05, 0.1) is 0 Å². The average molecular weight is 298 g/mol. The van der Waals surface area contributed by atoms with Gasteiger partial charge >= 0.3 is 0 Å². The number of aromatic nitrogens is 1. The molecule has 0 atom stereocenters. The highest BCUT2D eigenvalue weighted by Crippen LogP contribution is 2.40. The van der Waals surface area contributed by atoms with Crippen molar-refractivity contribution in [3.63, 3.8) is 0 Å². The average Bonchev–Trinajstić information content (AvgIpc) is 3.01. The molecule has 1 aliphatic heterocycles. The van der Waals surface area contributed by atoms with Crippen LogP contribution in [0.15, 0.2) is 84.8 Å². The molecule has 3 aromatic rings. The van der Waals surface area contributed by atoms with Gasteiger partial charge in [0, 0.05) is 35.9 Å². The number of rotatable bonds is 2. The molecule has 4 rings (SSSR count). The zero-order valence-corrected chi connectivity index (χ0v) is 13.1. The van der Waals surface area contributed by atoms with Crippen LogP contribution < -0.4 is 4.90 Å². The Bertz CT molecular complexity index is 849. The molecule has 0 aliphatic carbocycles. The van der Waals surface area contributed by atoms with E-state index in [4.69, 9.17) is 0 Å². The molecule has 23 heavy (non-hydrogen) atoms. The van der Waals surface area contributed by atoms with Gasteiger partial charge in [-0.15, -0.1) is 0 Å². The van der Waals surface area contributed by atoms with E-state index in [1.165, 1.54) is 28.2 Å². The number of pyridine rings is 1. The van der Waals surface area contributed by atoms with Crippen LogP contribution in [0.25, 0.3) is 11.1 Å². The van der Waals surface area contributed by atoms with Crippen molar-refractivity contribution in [1.82, 2.24) is 4.98 Å². The molecular formula is C21H18N2. The molecule has 0 unspecified atom stereocenters. The van der Waals surface area contributed by atoms with Gasteiger partial charge in [0.25, 0.3) is 0 Å². The van der Waals surface area contributed by atoms with Crippen molar-refractivity contribution in [2.24, 2.45) is 0 Å². The third-order valence-corrected chi connectivity index (χ3v) is 4.34. The van der Waals surface area contributed by atoms with E-state index in [1.807, 2.05) is 12.3 Å². The van der Waals surface area contributed by atoms with E-state index in [2.05, 4.69) is 77.5 Å². The lowest BCUT2D eigenvalue weighted by atomic mass is 10.1. The first kappa shape index (κ1) is 13.8. The van der Waals surface area contributed by atoms with Crippen LogP contribution in [0.1, 0.15) is 12.5 Å². The summed E-state index contributed by atoms with van der Waals surface area (Å²) >= 11 is 0. The second-order valence-electron chi connectivity index (χ2n) is 5.71. The first-order valence-corrected chi connectivity index (χ1v) is 7.90. The molecule has 0 bridgehead atoms. The molecule has 0 N–H and O–H groups in total. The highest BCUT2D eigenvalue weighted by Gasteiger charge is 2.24. The molecule has 1 aromatic heterocycles. The summed E-state index contributed by atoms with van der Waals surface area (Å²) < 4.78 is 0. The molecule has 0 amide bonds. The molecule has 0 saturated heterocycles. The van der Waals surface area contributed by atoms with Gasteiger partial charge in [-0.3, -0.25) is 4.98 Å². The maximum absolute atomic E-state index is 4.20. The van der Waals surface area contributed by atoms with Crippen molar-refractivity contribution in [2.75, 3.05) is 4.90 Å². The number of benzene rings is 2. The van der Waals surface area contributed by atoms with Gasteiger partial charge in [0.2, 0.25) is 0 Å². The van der Waals surface area contributed by atoms with Crippen molar-refractivity contribution in [3.05, 3.63) is 90.4 Å². The summed E-state index contributed by atoms with van der Waals surface area (Å²) in [6, 6.07) is 21.4. The minimum absolute atomic E-state index is 0.997. The van der Waals surface area contributed by atoms with E-state index in [0.29, 0.717) is 0 Å². The molecular weight excluding hydrogens is 280 g/mol. The fraction of sp³-hybridized carbons (Fsp3) is 0.0952. The fourth-order valence-electron chi connectivity index (χ4n) is 3.18. The summed E-state index contributed by atoms with van der Waals surface area (Å²) in [6.07, 6.45) is 6.90. The number of allylic oxidation sites excluding steroid dienone is 2. The van der Waals surface area contributed by atoms with Crippen LogP contribution >= 0.6 is 0 Å². The summed E-state index contributed by atoms with van der Waals surface area (Å²) in [4.78, 5) is 6.55. The largest absolute Gasteiger partial charge is 0.314 e. The summed E-state index contributed by atoms with van der Waals surface area (Å²) in [6.45, 7) is 2.11. The minimum atomic E-state index is 0.997. The molecule has 2 nitrogen and oxygen atoms in total. The van der Waals surface area contributed by atoms with Gasteiger partial charge in [-0.25, -0.2) is 0 Å². The third-order valence-electron chi connectivity index (χ3n) is 4.34. The second-order valence-corrected chi connectivity index (χ2v) is 5.71. The Balaban J connectivity index is 1.73. The summed E-state index contributed by atoms with van der Waals surface area (Å²) in [7, 11) is 0. The Labute approximate surface area is 136 Å². The lowest BCUT2D eigenvalue weighted by molar-refractivity contribution is 1.14. The van der Waals surface area contributed by atoms with Gasteiger partial charge in [-0.05, 0) is 47.9 Å². The van der Waals surface area contributed by atoms with Gasteiger partial charge in [-0.1, -0.05) is 42.5 Å². The molecule has 0 saturated carbocycles. The van der Waals surface area contributed by atoms with Crippen LogP contribution in [0.2, 0.25) is 0 Å². The number of fused-ring (bicyclic) bond motifs is 1. The zero-order valence-electron chi connectivity index (χ0n) is 13.1. The molecule has 0 radical (unpaired) electrons. The molecule has 0 spiro atoms. The van der Waals surface area contributed by atoms with E-state index in [1.54, 1.807) is 6.20 Å². The number of nitrogens with zero attached hydrogens (tertiary/aromatic N) is 2. The van der Waals surface area contributed by atoms with Crippen LogP contribution in [0, 0.1) is 0 Å². The Morgan fingerprint density at radius 1 is 0.913 bits per heavy atom. The summed E-state index contributed by atoms with van der Waals surface area (Å²) in [5.41, 5.74) is 7.55. The lowest BCUT2D eigenvalue weighted by Gasteiger charge is -2.22. The Morgan fingerprint density at radius 3 is 2.48 bits per heavy atom. The minimum Gasteiger partial charge on any atom is -0.314 e. The molecule has 112 valence electrons. The predicted molar refractivity (Wildman–Crippen MR) is 95.7 cm³/mol. The number of para-hydroxylation sites is 1. The fourth-order valence-corrected chi connectivity index (χ4v) is 3.18. The topological polar surface area (TPSA) is 16.1 Å².